The standard InChI is InChI=1S/C14H25N3O2/c1-2-3-4-8-11-16-13(18)17(19)14(12-15)9-6-5-7-10-14/h19H,2-11H2,1H3,(H,16,18). The molecule has 0 aromatic carbocycles. The van der Waals surface area contributed by atoms with Gasteiger partial charge in [0.25, 0.3) is 0 Å². The van der Waals surface area contributed by atoms with Crippen molar-refractivity contribution in [1.29, 1.82) is 5.26 Å². The number of carbonyl (C=O) groups is 1. The summed E-state index contributed by atoms with van der Waals surface area (Å²) in [6.45, 7) is 2.69. The van der Waals surface area contributed by atoms with E-state index in [9.17, 15) is 15.3 Å². The lowest BCUT2D eigenvalue weighted by Gasteiger charge is -2.36. The van der Waals surface area contributed by atoms with Gasteiger partial charge in [0, 0.05) is 6.54 Å². The molecule has 0 aromatic rings. The Hall–Kier alpha value is -1.28. The second-order valence-corrected chi connectivity index (χ2v) is 5.31. The monoisotopic (exact) mass is 267 g/mol. The Morgan fingerprint density at radius 1 is 1.32 bits per heavy atom. The van der Waals surface area contributed by atoms with Gasteiger partial charge in [0.1, 0.15) is 0 Å². The number of carbonyl (C=O) groups excluding carboxylic acids is 1. The highest BCUT2D eigenvalue weighted by molar-refractivity contribution is 5.74. The molecule has 2 amide bonds. The van der Waals surface area contributed by atoms with E-state index in [1.54, 1.807) is 0 Å². The molecular formula is C14H25N3O2. The highest BCUT2D eigenvalue weighted by Gasteiger charge is 2.40. The van der Waals surface area contributed by atoms with Gasteiger partial charge in [0.15, 0.2) is 5.54 Å². The molecule has 1 fully saturated rings. The van der Waals surface area contributed by atoms with Gasteiger partial charge in [-0.25, -0.2) is 4.79 Å². The van der Waals surface area contributed by atoms with Crippen molar-refractivity contribution in [3.05, 3.63) is 0 Å². The highest BCUT2D eigenvalue weighted by Crippen LogP contribution is 2.32. The first kappa shape index (κ1) is 15.8. The van der Waals surface area contributed by atoms with Gasteiger partial charge in [-0.05, 0) is 32.1 Å². The van der Waals surface area contributed by atoms with Gasteiger partial charge in [0.05, 0.1) is 6.07 Å². The Morgan fingerprint density at radius 3 is 2.58 bits per heavy atom. The summed E-state index contributed by atoms with van der Waals surface area (Å²) in [5.74, 6) is 0. The molecule has 5 nitrogen and oxygen atoms in total. The molecule has 0 bridgehead atoms. The van der Waals surface area contributed by atoms with Crippen LogP contribution >= 0.6 is 0 Å². The number of unbranched alkanes of at least 4 members (excludes halogenated alkanes) is 3. The molecule has 1 aliphatic rings. The smallest absolute Gasteiger partial charge is 0.336 e. The third-order valence-corrected chi connectivity index (χ3v) is 3.79. The Bertz CT molecular complexity index is 319. The van der Waals surface area contributed by atoms with Crippen LogP contribution in [0.15, 0.2) is 0 Å². The average Bonchev–Trinajstić information content (AvgIpc) is 2.46. The summed E-state index contributed by atoms with van der Waals surface area (Å²) in [5, 5.41) is 22.6. The van der Waals surface area contributed by atoms with Crippen LogP contribution in [0.5, 0.6) is 0 Å². The molecule has 1 aliphatic carbocycles. The molecule has 5 heteroatoms. The fourth-order valence-corrected chi connectivity index (χ4v) is 2.52. The van der Waals surface area contributed by atoms with Crippen LogP contribution in [-0.2, 0) is 0 Å². The number of nitrogens with zero attached hydrogens (tertiary/aromatic N) is 2. The predicted molar refractivity (Wildman–Crippen MR) is 72.6 cm³/mol. The first-order valence-corrected chi connectivity index (χ1v) is 7.34. The van der Waals surface area contributed by atoms with Gasteiger partial charge in [-0.15, -0.1) is 0 Å². The minimum atomic E-state index is -1.02. The molecule has 108 valence electrons. The SMILES string of the molecule is CCCCCCNC(=O)N(O)C1(C#N)CCCCC1. The van der Waals surface area contributed by atoms with Gasteiger partial charge in [-0.2, -0.15) is 10.3 Å². The third-order valence-electron chi connectivity index (χ3n) is 3.79. The second kappa shape index (κ2) is 8.00. The van der Waals surface area contributed by atoms with Crippen molar-refractivity contribution in [2.24, 2.45) is 0 Å². The van der Waals surface area contributed by atoms with Gasteiger partial charge < -0.3 is 5.32 Å². The molecule has 0 heterocycles. The van der Waals surface area contributed by atoms with Gasteiger partial charge in [-0.1, -0.05) is 32.6 Å². The fourth-order valence-electron chi connectivity index (χ4n) is 2.52. The highest BCUT2D eigenvalue weighted by atomic mass is 16.5. The molecule has 0 radical (unpaired) electrons. The zero-order valence-electron chi connectivity index (χ0n) is 11.8. The minimum absolute atomic E-state index is 0.542. The molecule has 2 N–H and O–H groups in total. The lowest BCUT2D eigenvalue weighted by molar-refractivity contribution is -0.116. The first-order valence-electron chi connectivity index (χ1n) is 7.34. The Balaban J connectivity index is 2.40. The van der Waals surface area contributed by atoms with Crippen LogP contribution in [0, 0.1) is 11.3 Å². The lowest BCUT2D eigenvalue weighted by Crippen LogP contribution is -2.53. The van der Waals surface area contributed by atoms with Crippen LogP contribution in [0.4, 0.5) is 4.79 Å². The van der Waals surface area contributed by atoms with E-state index in [4.69, 9.17) is 0 Å². The molecular weight excluding hydrogens is 242 g/mol. The number of hydrogen-bond acceptors (Lipinski definition) is 3. The number of nitrogens with one attached hydrogen (secondary N) is 1. The van der Waals surface area contributed by atoms with E-state index >= 15 is 0 Å². The Morgan fingerprint density at radius 2 is 2.00 bits per heavy atom. The molecule has 0 unspecified atom stereocenters. The molecule has 0 aliphatic heterocycles. The summed E-state index contributed by atoms with van der Waals surface area (Å²) < 4.78 is 0. The fraction of sp³-hybridized carbons (Fsp3) is 0.857. The second-order valence-electron chi connectivity index (χ2n) is 5.31. The van der Waals surface area contributed by atoms with Crippen LogP contribution in [0.3, 0.4) is 0 Å². The number of hydrogen-bond donors (Lipinski definition) is 2. The summed E-state index contributed by atoms with van der Waals surface area (Å²) in [4.78, 5) is 11.9. The van der Waals surface area contributed by atoms with Crippen molar-refractivity contribution >= 4 is 6.03 Å². The van der Waals surface area contributed by atoms with Crippen molar-refractivity contribution < 1.29 is 10.0 Å². The number of urea groups is 1. The maximum absolute atomic E-state index is 11.9. The van der Waals surface area contributed by atoms with E-state index in [1.807, 2.05) is 0 Å². The molecule has 1 saturated carbocycles. The number of amides is 2. The van der Waals surface area contributed by atoms with Crippen molar-refractivity contribution in [2.75, 3.05) is 6.54 Å². The van der Waals surface area contributed by atoms with Crippen LogP contribution in [0.2, 0.25) is 0 Å². The molecule has 0 spiro atoms. The van der Waals surface area contributed by atoms with Gasteiger partial charge in [-0.3, -0.25) is 5.21 Å². The maximum atomic E-state index is 11.9. The van der Waals surface area contributed by atoms with Gasteiger partial charge in [0.2, 0.25) is 0 Å². The summed E-state index contributed by atoms with van der Waals surface area (Å²) in [6, 6.07) is 1.58. The Kier molecular flexibility index (Phi) is 6.65. The van der Waals surface area contributed by atoms with Crippen molar-refractivity contribution in [2.45, 2.75) is 70.3 Å². The van der Waals surface area contributed by atoms with E-state index < -0.39 is 11.6 Å². The van der Waals surface area contributed by atoms with Crippen molar-refractivity contribution in [1.82, 2.24) is 10.4 Å². The lowest BCUT2D eigenvalue weighted by atomic mass is 9.82. The summed E-state index contributed by atoms with van der Waals surface area (Å²) in [6.07, 6.45) is 8.24. The molecule has 19 heavy (non-hydrogen) atoms. The minimum Gasteiger partial charge on any atom is -0.336 e. The first-order chi connectivity index (χ1) is 9.16. The van der Waals surface area contributed by atoms with Crippen molar-refractivity contribution in [3.63, 3.8) is 0 Å². The largest absolute Gasteiger partial charge is 0.342 e. The van der Waals surface area contributed by atoms with E-state index in [0.717, 1.165) is 44.9 Å². The number of hydroxylamine groups is 2. The zero-order valence-corrected chi connectivity index (χ0v) is 11.8. The molecule has 1 rings (SSSR count). The van der Waals surface area contributed by atoms with Crippen LogP contribution in [0.1, 0.15) is 64.7 Å². The molecule has 0 atom stereocenters. The van der Waals surface area contributed by atoms with Crippen molar-refractivity contribution in [3.8, 4) is 6.07 Å². The zero-order chi connectivity index (χ0) is 14.1. The predicted octanol–water partition coefficient (Wildman–Crippen LogP) is 3.19. The maximum Gasteiger partial charge on any atom is 0.342 e. The van der Waals surface area contributed by atoms with E-state index in [0.29, 0.717) is 24.4 Å². The van der Waals surface area contributed by atoms with Crippen LogP contribution < -0.4 is 5.32 Å². The van der Waals surface area contributed by atoms with Crippen LogP contribution in [-0.4, -0.2) is 28.4 Å². The quantitative estimate of drug-likeness (QED) is 0.441. The summed E-state index contributed by atoms with van der Waals surface area (Å²) >= 11 is 0. The van der Waals surface area contributed by atoms with E-state index in [1.165, 1.54) is 0 Å². The number of nitriles is 1. The van der Waals surface area contributed by atoms with E-state index in [-0.39, 0.29) is 0 Å². The van der Waals surface area contributed by atoms with E-state index in [2.05, 4.69) is 18.3 Å². The molecule has 0 aromatic heterocycles. The third kappa shape index (κ3) is 4.39. The van der Waals surface area contributed by atoms with Crippen LogP contribution in [0.25, 0.3) is 0 Å². The van der Waals surface area contributed by atoms with Gasteiger partial charge >= 0.3 is 6.03 Å². The Labute approximate surface area is 115 Å². The molecule has 0 saturated heterocycles. The normalized spacial score (nSPS) is 17.5. The average molecular weight is 267 g/mol. The summed E-state index contributed by atoms with van der Waals surface area (Å²) in [7, 11) is 0. The summed E-state index contributed by atoms with van der Waals surface area (Å²) in [5.41, 5.74) is -1.02. The number of rotatable bonds is 6. The topological polar surface area (TPSA) is 76.4 Å².